The van der Waals surface area contributed by atoms with E-state index in [1.807, 2.05) is 0 Å². The van der Waals surface area contributed by atoms with E-state index in [0.29, 0.717) is 0 Å². The van der Waals surface area contributed by atoms with Crippen LogP contribution >= 0.6 is 0 Å². The number of aliphatic hydroxyl groups excluding tert-OH is 1. The maximum atomic E-state index is 12.4. The molecule has 0 fully saturated rings. The number of fused-ring (bicyclic) bond motifs is 1. The summed E-state index contributed by atoms with van der Waals surface area (Å²) in [5.41, 5.74) is -1.31. The fourth-order valence-electron chi connectivity index (χ4n) is 2.22. The van der Waals surface area contributed by atoms with Gasteiger partial charge in [0.1, 0.15) is 5.75 Å². The fourth-order valence-corrected chi connectivity index (χ4v) is 2.22. The van der Waals surface area contributed by atoms with E-state index in [9.17, 15) is 29.7 Å². The van der Waals surface area contributed by atoms with Gasteiger partial charge >= 0.3 is 0 Å². The summed E-state index contributed by atoms with van der Waals surface area (Å²) >= 11 is 0. The Labute approximate surface area is 136 Å². The van der Waals surface area contributed by atoms with Gasteiger partial charge in [-0.2, -0.15) is 0 Å². The molecule has 0 saturated carbocycles. The van der Waals surface area contributed by atoms with E-state index in [4.69, 9.17) is 4.74 Å². The number of phenols is 2. The number of carbonyl (C=O) groups is 3. The summed E-state index contributed by atoms with van der Waals surface area (Å²) in [6.45, 7) is 1.33. The predicted octanol–water partition coefficient (Wildman–Crippen LogP) is 2.00. The Bertz CT molecular complexity index is 841. The Hall–Kier alpha value is -3.35. The second kappa shape index (κ2) is 6.41. The predicted molar refractivity (Wildman–Crippen MR) is 83.6 cm³/mol. The van der Waals surface area contributed by atoms with E-state index in [1.165, 1.54) is 32.3 Å². The van der Waals surface area contributed by atoms with Gasteiger partial charge in [0.25, 0.3) is 0 Å². The third kappa shape index (κ3) is 2.79. The number of hydrogen-bond donors (Lipinski definition) is 3. The van der Waals surface area contributed by atoms with E-state index >= 15 is 0 Å². The van der Waals surface area contributed by atoms with Gasteiger partial charge in [-0.25, -0.2) is 0 Å². The molecule has 0 spiro atoms. The SMILES string of the molecule is COc1cc(O)c2c(c1O)C(=O)C(O)=C(C=CC=CC(C)=O)C2=O. The van der Waals surface area contributed by atoms with Crippen LogP contribution in [0.15, 0.2) is 41.7 Å². The van der Waals surface area contributed by atoms with E-state index in [2.05, 4.69) is 0 Å². The van der Waals surface area contributed by atoms with Gasteiger partial charge in [-0.15, -0.1) is 0 Å². The summed E-state index contributed by atoms with van der Waals surface area (Å²) in [5, 5.41) is 30.0. The number of carbonyl (C=O) groups excluding carboxylic acids is 3. The fraction of sp³-hybridized carbons (Fsp3) is 0.118. The van der Waals surface area contributed by atoms with Crippen molar-refractivity contribution in [2.24, 2.45) is 0 Å². The molecule has 0 bridgehead atoms. The Morgan fingerprint density at radius 2 is 1.75 bits per heavy atom. The first-order valence-electron chi connectivity index (χ1n) is 6.80. The minimum absolute atomic E-state index is 0.205. The quantitative estimate of drug-likeness (QED) is 0.438. The molecule has 3 N–H and O–H groups in total. The third-order valence-electron chi connectivity index (χ3n) is 3.34. The molecule has 1 aromatic rings. The van der Waals surface area contributed by atoms with Crippen LogP contribution in [0.5, 0.6) is 17.2 Å². The molecular weight excluding hydrogens is 316 g/mol. The molecule has 0 aromatic heterocycles. The molecule has 1 aliphatic rings. The molecule has 24 heavy (non-hydrogen) atoms. The van der Waals surface area contributed by atoms with Crippen molar-refractivity contribution in [3.05, 3.63) is 52.8 Å². The number of Topliss-reactive ketones (excluding diaryl/α,β-unsaturated/α-hetero) is 2. The highest BCUT2D eigenvalue weighted by molar-refractivity contribution is 6.29. The lowest BCUT2D eigenvalue weighted by Crippen LogP contribution is -2.21. The summed E-state index contributed by atoms with van der Waals surface area (Å²) < 4.78 is 4.81. The molecule has 0 atom stereocenters. The molecule has 0 amide bonds. The van der Waals surface area contributed by atoms with Crippen LogP contribution in [-0.2, 0) is 4.79 Å². The molecule has 0 radical (unpaired) electrons. The Balaban J connectivity index is 2.58. The first-order chi connectivity index (χ1) is 11.3. The minimum Gasteiger partial charge on any atom is -0.507 e. The Morgan fingerprint density at radius 1 is 1.08 bits per heavy atom. The molecule has 0 unspecified atom stereocenters. The van der Waals surface area contributed by atoms with Gasteiger partial charge in [-0.3, -0.25) is 14.4 Å². The third-order valence-corrected chi connectivity index (χ3v) is 3.34. The van der Waals surface area contributed by atoms with Crippen LogP contribution in [-0.4, -0.2) is 39.8 Å². The molecule has 2 rings (SSSR count). The second-order valence-corrected chi connectivity index (χ2v) is 4.95. The van der Waals surface area contributed by atoms with E-state index < -0.39 is 40.0 Å². The highest BCUT2D eigenvalue weighted by Crippen LogP contribution is 2.42. The van der Waals surface area contributed by atoms with Crippen LogP contribution < -0.4 is 4.74 Å². The number of benzene rings is 1. The lowest BCUT2D eigenvalue weighted by molar-refractivity contribution is -0.112. The van der Waals surface area contributed by atoms with Gasteiger partial charge in [0.15, 0.2) is 23.0 Å². The van der Waals surface area contributed by atoms with Crippen LogP contribution in [0.25, 0.3) is 0 Å². The number of ketones is 3. The molecule has 124 valence electrons. The molecule has 7 heteroatoms. The van der Waals surface area contributed by atoms with Gasteiger partial charge in [0, 0.05) is 6.07 Å². The van der Waals surface area contributed by atoms with E-state index in [1.54, 1.807) is 0 Å². The summed E-state index contributed by atoms with van der Waals surface area (Å²) in [5.74, 6) is -4.36. The zero-order valence-electron chi connectivity index (χ0n) is 12.9. The van der Waals surface area contributed by atoms with Gasteiger partial charge in [0.05, 0.1) is 23.8 Å². The topological polar surface area (TPSA) is 121 Å². The van der Waals surface area contributed by atoms with Crippen LogP contribution in [0, 0.1) is 0 Å². The van der Waals surface area contributed by atoms with Gasteiger partial charge < -0.3 is 20.1 Å². The monoisotopic (exact) mass is 330 g/mol. The number of ether oxygens (including phenoxy) is 1. The maximum Gasteiger partial charge on any atom is 0.232 e. The highest BCUT2D eigenvalue weighted by Gasteiger charge is 2.37. The number of hydrogen-bond acceptors (Lipinski definition) is 7. The molecule has 1 aliphatic carbocycles. The van der Waals surface area contributed by atoms with Gasteiger partial charge in [-0.1, -0.05) is 12.2 Å². The summed E-state index contributed by atoms with van der Waals surface area (Å²) in [6.07, 6.45) is 4.99. The van der Waals surface area contributed by atoms with Crippen molar-refractivity contribution in [3.63, 3.8) is 0 Å². The van der Waals surface area contributed by atoms with Crippen LogP contribution in [0.3, 0.4) is 0 Å². The normalized spacial score (nSPS) is 14.6. The largest absolute Gasteiger partial charge is 0.507 e. The second-order valence-electron chi connectivity index (χ2n) is 4.95. The van der Waals surface area contributed by atoms with Crippen molar-refractivity contribution in [2.75, 3.05) is 7.11 Å². The molecule has 0 saturated heterocycles. The van der Waals surface area contributed by atoms with Crippen molar-refractivity contribution < 1.29 is 34.4 Å². The van der Waals surface area contributed by atoms with E-state index in [0.717, 1.165) is 12.1 Å². The summed E-state index contributed by atoms with van der Waals surface area (Å²) in [6, 6.07) is 0.999. The van der Waals surface area contributed by atoms with Crippen molar-refractivity contribution >= 4 is 17.3 Å². The number of allylic oxidation sites excluding steroid dienone is 6. The van der Waals surface area contributed by atoms with E-state index in [-0.39, 0.29) is 17.1 Å². The molecular formula is C17H14O7. The Morgan fingerprint density at radius 3 is 2.33 bits per heavy atom. The summed E-state index contributed by atoms with van der Waals surface area (Å²) in [4.78, 5) is 35.5. The standard InChI is InChI=1S/C17H14O7/c1-8(18)5-3-4-6-9-14(20)12-10(19)7-11(24-2)16(22)13(12)17(23)15(9)21/h3-7,19,21-22H,1-2H3. The lowest BCUT2D eigenvalue weighted by atomic mass is 9.86. The smallest absolute Gasteiger partial charge is 0.232 e. The van der Waals surface area contributed by atoms with Gasteiger partial charge in [-0.05, 0) is 19.1 Å². The average molecular weight is 330 g/mol. The van der Waals surface area contributed by atoms with Crippen LogP contribution in [0.4, 0.5) is 0 Å². The Kier molecular flexibility index (Phi) is 4.54. The average Bonchev–Trinajstić information content (AvgIpc) is 2.53. The zero-order chi connectivity index (χ0) is 18.0. The minimum atomic E-state index is -1.02. The van der Waals surface area contributed by atoms with Crippen LogP contribution in [0.2, 0.25) is 0 Å². The summed E-state index contributed by atoms with van der Waals surface area (Å²) in [7, 11) is 1.21. The molecule has 0 aliphatic heterocycles. The van der Waals surface area contributed by atoms with Crippen LogP contribution in [0.1, 0.15) is 27.6 Å². The van der Waals surface area contributed by atoms with Crippen molar-refractivity contribution in [1.29, 1.82) is 0 Å². The van der Waals surface area contributed by atoms with Crippen molar-refractivity contribution in [2.45, 2.75) is 6.92 Å². The first kappa shape index (κ1) is 17.0. The molecule has 0 heterocycles. The number of rotatable bonds is 4. The van der Waals surface area contributed by atoms with Crippen molar-refractivity contribution in [1.82, 2.24) is 0 Å². The molecule has 7 nitrogen and oxygen atoms in total. The number of aromatic hydroxyl groups is 2. The maximum absolute atomic E-state index is 12.4. The highest BCUT2D eigenvalue weighted by atomic mass is 16.5. The van der Waals surface area contributed by atoms with Gasteiger partial charge in [0.2, 0.25) is 11.6 Å². The number of phenolic OH excluding ortho intramolecular Hbond substituents is 2. The number of aliphatic hydroxyl groups is 1. The van der Waals surface area contributed by atoms with Crippen molar-refractivity contribution in [3.8, 4) is 17.2 Å². The number of methoxy groups -OCH3 is 1. The first-order valence-corrected chi connectivity index (χ1v) is 6.80. The lowest BCUT2D eigenvalue weighted by Gasteiger charge is -2.19. The molecule has 1 aromatic carbocycles. The zero-order valence-corrected chi connectivity index (χ0v) is 12.9.